The molecule has 0 spiro atoms. The first-order valence-corrected chi connectivity index (χ1v) is 11.3. The second kappa shape index (κ2) is 8.46. The fraction of sp³-hybridized carbons (Fsp3) is 0.409. The summed E-state index contributed by atoms with van der Waals surface area (Å²) in [4.78, 5) is 16.7. The van der Waals surface area contributed by atoms with E-state index in [-0.39, 0.29) is 0 Å². The van der Waals surface area contributed by atoms with Crippen LogP contribution in [-0.4, -0.2) is 44.5 Å². The van der Waals surface area contributed by atoms with Gasteiger partial charge in [0.25, 0.3) is 0 Å². The van der Waals surface area contributed by atoms with Crippen LogP contribution in [0.25, 0.3) is 10.9 Å². The largest absolute Gasteiger partial charge is 0.367 e. The molecule has 1 unspecified atom stereocenters. The Kier molecular flexibility index (Phi) is 5.37. The standard InChI is InChI=1S/C22H22N8S/c23-6-2-8-30-15-4-5-16(30)10-14(9-15)27-21-18-3-1-7-25-19(18)11-20(28-21)29-22-26-13-17(12-24)31-22/h1,3,7,11,13-16H,2,4-5,8-10H2,(H2,26,27,28,29)/t14?,15-,16+. The van der Waals surface area contributed by atoms with E-state index in [2.05, 4.69) is 37.6 Å². The van der Waals surface area contributed by atoms with E-state index in [0.29, 0.717) is 40.4 Å². The molecule has 0 aromatic carbocycles. The Morgan fingerprint density at radius 2 is 2.03 bits per heavy atom. The van der Waals surface area contributed by atoms with E-state index in [1.54, 1.807) is 12.4 Å². The van der Waals surface area contributed by atoms with E-state index in [1.165, 1.54) is 24.2 Å². The molecule has 9 heteroatoms. The van der Waals surface area contributed by atoms with Gasteiger partial charge in [-0.05, 0) is 37.8 Å². The summed E-state index contributed by atoms with van der Waals surface area (Å²) in [5.74, 6) is 1.47. The smallest absolute Gasteiger partial charge is 0.189 e. The zero-order chi connectivity index (χ0) is 21.2. The highest BCUT2D eigenvalue weighted by atomic mass is 32.1. The number of thiazole rings is 1. The van der Waals surface area contributed by atoms with Crippen molar-refractivity contribution in [3.8, 4) is 12.1 Å². The lowest BCUT2D eigenvalue weighted by Gasteiger charge is -2.39. The minimum Gasteiger partial charge on any atom is -0.367 e. The molecule has 156 valence electrons. The van der Waals surface area contributed by atoms with Gasteiger partial charge in [0.2, 0.25) is 0 Å². The van der Waals surface area contributed by atoms with E-state index in [0.717, 1.165) is 36.1 Å². The van der Waals surface area contributed by atoms with Gasteiger partial charge in [0.15, 0.2) is 5.13 Å². The minimum absolute atomic E-state index is 0.340. The molecule has 2 aliphatic heterocycles. The molecule has 0 amide bonds. The van der Waals surface area contributed by atoms with Gasteiger partial charge in [-0.2, -0.15) is 10.5 Å². The van der Waals surface area contributed by atoms with Crippen molar-refractivity contribution >= 4 is 39.0 Å². The number of piperidine rings is 1. The molecule has 2 aliphatic rings. The summed E-state index contributed by atoms with van der Waals surface area (Å²) in [6.07, 6.45) is 8.46. The van der Waals surface area contributed by atoms with Crippen molar-refractivity contribution in [3.63, 3.8) is 0 Å². The Hall–Kier alpha value is -3.27. The van der Waals surface area contributed by atoms with Gasteiger partial charge in [-0.3, -0.25) is 9.88 Å². The van der Waals surface area contributed by atoms with Gasteiger partial charge < -0.3 is 10.6 Å². The summed E-state index contributed by atoms with van der Waals surface area (Å²) >= 11 is 1.30. The zero-order valence-corrected chi connectivity index (χ0v) is 17.8. The van der Waals surface area contributed by atoms with Gasteiger partial charge in [-0.15, -0.1) is 0 Å². The van der Waals surface area contributed by atoms with Crippen LogP contribution < -0.4 is 10.6 Å². The van der Waals surface area contributed by atoms with Crippen molar-refractivity contribution in [1.29, 1.82) is 10.5 Å². The molecule has 31 heavy (non-hydrogen) atoms. The van der Waals surface area contributed by atoms with Crippen LogP contribution in [0.1, 0.15) is 37.0 Å². The molecule has 2 bridgehead atoms. The van der Waals surface area contributed by atoms with Crippen LogP contribution in [0, 0.1) is 22.7 Å². The average Bonchev–Trinajstić information content (AvgIpc) is 3.33. The van der Waals surface area contributed by atoms with E-state index in [4.69, 9.17) is 15.5 Å². The molecule has 3 aromatic rings. The highest BCUT2D eigenvalue weighted by molar-refractivity contribution is 7.16. The minimum atomic E-state index is 0.340. The fourth-order valence-electron chi connectivity index (χ4n) is 4.87. The Morgan fingerprint density at radius 1 is 1.19 bits per heavy atom. The van der Waals surface area contributed by atoms with Crippen LogP contribution in [0.2, 0.25) is 0 Å². The summed E-state index contributed by atoms with van der Waals surface area (Å²) in [6, 6.07) is 11.7. The normalized spacial score (nSPS) is 22.7. The Labute approximate surface area is 184 Å². The van der Waals surface area contributed by atoms with Crippen molar-refractivity contribution in [2.45, 2.75) is 50.2 Å². The second-order valence-corrected chi connectivity index (χ2v) is 9.07. The summed E-state index contributed by atoms with van der Waals surface area (Å²) in [7, 11) is 0. The summed E-state index contributed by atoms with van der Waals surface area (Å²) in [6.45, 7) is 0.877. The number of rotatable bonds is 6. The number of nitrogens with zero attached hydrogens (tertiary/aromatic N) is 6. The highest BCUT2D eigenvalue weighted by Crippen LogP contribution is 2.37. The van der Waals surface area contributed by atoms with Crippen molar-refractivity contribution in [2.75, 3.05) is 17.2 Å². The van der Waals surface area contributed by atoms with Crippen LogP contribution in [0.15, 0.2) is 30.6 Å². The predicted molar refractivity (Wildman–Crippen MR) is 120 cm³/mol. The quantitative estimate of drug-likeness (QED) is 0.603. The molecule has 5 rings (SSSR count). The molecule has 2 N–H and O–H groups in total. The third-order valence-corrected chi connectivity index (χ3v) is 6.97. The van der Waals surface area contributed by atoms with Crippen LogP contribution >= 0.6 is 11.3 Å². The maximum Gasteiger partial charge on any atom is 0.189 e. The van der Waals surface area contributed by atoms with Crippen LogP contribution in [0.5, 0.6) is 0 Å². The van der Waals surface area contributed by atoms with Crippen LogP contribution in [0.4, 0.5) is 16.8 Å². The third kappa shape index (κ3) is 4.02. The van der Waals surface area contributed by atoms with Crippen molar-refractivity contribution in [2.24, 2.45) is 0 Å². The first kappa shape index (κ1) is 19.7. The lowest BCUT2D eigenvalue weighted by molar-refractivity contribution is 0.136. The Morgan fingerprint density at radius 3 is 2.77 bits per heavy atom. The van der Waals surface area contributed by atoms with Gasteiger partial charge >= 0.3 is 0 Å². The molecule has 2 fully saturated rings. The summed E-state index contributed by atoms with van der Waals surface area (Å²) in [5, 5.41) is 26.5. The van der Waals surface area contributed by atoms with Gasteiger partial charge in [0.1, 0.15) is 22.6 Å². The number of anilines is 3. The molecule has 3 atom stereocenters. The average molecular weight is 431 g/mol. The fourth-order valence-corrected chi connectivity index (χ4v) is 5.49. The zero-order valence-electron chi connectivity index (χ0n) is 17.0. The molecule has 0 radical (unpaired) electrons. The van der Waals surface area contributed by atoms with Crippen molar-refractivity contribution in [1.82, 2.24) is 19.9 Å². The molecule has 0 aliphatic carbocycles. The number of hydrogen-bond acceptors (Lipinski definition) is 9. The Bertz CT molecular complexity index is 1160. The van der Waals surface area contributed by atoms with E-state index in [9.17, 15) is 0 Å². The number of aromatic nitrogens is 3. The van der Waals surface area contributed by atoms with Gasteiger partial charge in [-0.1, -0.05) is 11.3 Å². The van der Waals surface area contributed by atoms with Crippen molar-refractivity contribution < 1.29 is 0 Å². The van der Waals surface area contributed by atoms with Gasteiger partial charge in [-0.25, -0.2) is 9.97 Å². The maximum absolute atomic E-state index is 9.04. The number of hydrogen-bond donors (Lipinski definition) is 2. The summed E-state index contributed by atoms with van der Waals surface area (Å²) < 4.78 is 0. The van der Waals surface area contributed by atoms with Crippen LogP contribution in [0.3, 0.4) is 0 Å². The molecule has 5 heterocycles. The van der Waals surface area contributed by atoms with Gasteiger partial charge in [0, 0.05) is 48.7 Å². The van der Waals surface area contributed by atoms with E-state index in [1.807, 2.05) is 18.2 Å². The molecule has 8 nitrogen and oxygen atoms in total. The highest BCUT2D eigenvalue weighted by Gasteiger charge is 2.40. The number of nitrogens with one attached hydrogen (secondary N) is 2. The van der Waals surface area contributed by atoms with Gasteiger partial charge in [0.05, 0.1) is 17.8 Å². The first-order chi connectivity index (χ1) is 15.2. The topological polar surface area (TPSA) is 114 Å². The monoisotopic (exact) mass is 430 g/mol. The molecule has 2 saturated heterocycles. The van der Waals surface area contributed by atoms with Crippen molar-refractivity contribution in [3.05, 3.63) is 35.5 Å². The Balaban J connectivity index is 1.38. The summed E-state index contributed by atoms with van der Waals surface area (Å²) in [5.41, 5.74) is 0.856. The lowest BCUT2D eigenvalue weighted by atomic mass is 9.97. The lowest BCUT2D eigenvalue weighted by Crippen LogP contribution is -2.47. The second-order valence-electron chi connectivity index (χ2n) is 8.04. The number of fused-ring (bicyclic) bond motifs is 3. The molecule has 3 aromatic heterocycles. The number of nitriles is 2. The molecular formula is C22H22N8S. The maximum atomic E-state index is 9.04. The third-order valence-electron chi connectivity index (χ3n) is 6.16. The molecular weight excluding hydrogens is 408 g/mol. The van der Waals surface area contributed by atoms with E-state index >= 15 is 0 Å². The molecule has 0 saturated carbocycles. The van der Waals surface area contributed by atoms with Crippen LogP contribution in [-0.2, 0) is 0 Å². The SMILES string of the molecule is N#CCCN1[C@@H]2CC[C@H]1CC(Nc1nc(Nc3ncc(C#N)s3)cc3ncccc13)C2. The van der Waals surface area contributed by atoms with E-state index < -0.39 is 0 Å². The predicted octanol–water partition coefficient (Wildman–Crippen LogP) is 4.02. The first-order valence-electron chi connectivity index (χ1n) is 10.5. The number of pyridine rings is 2.